The van der Waals surface area contributed by atoms with Crippen LogP contribution in [-0.4, -0.2) is 10.1 Å². The van der Waals surface area contributed by atoms with E-state index in [4.69, 9.17) is 16.7 Å². The van der Waals surface area contributed by atoms with E-state index in [1.165, 1.54) is 17.4 Å². The summed E-state index contributed by atoms with van der Waals surface area (Å²) >= 11 is 0. The molecule has 5 nitrogen and oxygen atoms in total. The third kappa shape index (κ3) is 2.43. The van der Waals surface area contributed by atoms with Crippen LogP contribution in [0.15, 0.2) is 30.9 Å². The fourth-order valence-electron chi connectivity index (χ4n) is 0.880. The first kappa shape index (κ1) is 9.50. The second kappa shape index (κ2) is 4.44. The van der Waals surface area contributed by atoms with Crippen molar-refractivity contribution in [2.45, 2.75) is 6.61 Å². The smallest absolute Gasteiger partial charge is 0.0755 e. The van der Waals surface area contributed by atoms with Gasteiger partial charge in [0.25, 0.3) is 0 Å². The second-order valence-corrected chi connectivity index (χ2v) is 2.46. The van der Waals surface area contributed by atoms with Gasteiger partial charge in [-0.2, -0.15) is 0 Å². The van der Waals surface area contributed by atoms with Crippen LogP contribution in [0.1, 0.15) is 5.56 Å². The quantitative estimate of drug-likeness (QED) is 0.438. The molecule has 0 amide bonds. The first-order chi connectivity index (χ1) is 6.27. The van der Waals surface area contributed by atoms with Crippen LogP contribution in [0.5, 0.6) is 0 Å². The molecule has 0 aliphatic heterocycles. The SMILES string of the molecule is N/C=C\N(N)c1cncc(CO)c1. The normalized spacial score (nSPS) is 10.6. The summed E-state index contributed by atoms with van der Waals surface area (Å²) in [5, 5.41) is 10.2. The van der Waals surface area contributed by atoms with Crippen molar-refractivity contribution in [3.05, 3.63) is 36.4 Å². The highest BCUT2D eigenvalue weighted by Crippen LogP contribution is 2.11. The molecule has 0 bridgehead atoms. The number of nitrogens with two attached hydrogens (primary N) is 2. The summed E-state index contributed by atoms with van der Waals surface area (Å²) in [6.07, 6.45) is 5.98. The highest BCUT2D eigenvalue weighted by Gasteiger charge is 1.98. The van der Waals surface area contributed by atoms with Gasteiger partial charge in [0.1, 0.15) is 0 Å². The minimum Gasteiger partial charge on any atom is -0.403 e. The van der Waals surface area contributed by atoms with Crippen molar-refractivity contribution in [2.75, 3.05) is 5.01 Å². The number of pyridine rings is 1. The maximum Gasteiger partial charge on any atom is 0.0755 e. The van der Waals surface area contributed by atoms with E-state index >= 15 is 0 Å². The zero-order valence-electron chi connectivity index (χ0n) is 7.09. The first-order valence-electron chi connectivity index (χ1n) is 3.75. The van der Waals surface area contributed by atoms with E-state index in [0.717, 1.165) is 0 Å². The molecule has 5 N–H and O–H groups in total. The summed E-state index contributed by atoms with van der Waals surface area (Å²) in [5.74, 6) is 5.57. The van der Waals surface area contributed by atoms with Crippen molar-refractivity contribution in [3.63, 3.8) is 0 Å². The van der Waals surface area contributed by atoms with E-state index in [9.17, 15) is 0 Å². The largest absolute Gasteiger partial charge is 0.403 e. The predicted octanol–water partition coefficient (Wildman–Crippen LogP) is -0.316. The Morgan fingerprint density at radius 2 is 2.31 bits per heavy atom. The van der Waals surface area contributed by atoms with Gasteiger partial charge in [0.15, 0.2) is 0 Å². The molecule has 0 saturated carbocycles. The lowest BCUT2D eigenvalue weighted by Gasteiger charge is -2.12. The van der Waals surface area contributed by atoms with Crippen LogP contribution in [0.4, 0.5) is 5.69 Å². The van der Waals surface area contributed by atoms with E-state index in [1.807, 2.05) is 0 Å². The molecule has 0 spiro atoms. The van der Waals surface area contributed by atoms with Gasteiger partial charge in [-0.05, 0) is 11.6 Å². The van der Waals surface area contributed by atoms with E-state index in [-0.39, 0.29) is 6.61 Å². The molecule has 1 rings (SSSR count). The van der Waals surface area contributed by atoms with E-state index < -0.39 is 0 Å². The Labute approximate surface area is 76.3 Å². The summed E-state index contributed by atoms with van der Waals surface area (Å²) in [7, 11) is 0. The number of hydrogen-bond donors (Lipinski definition) is 3. The Bertz CT molecular complexity index is 300. The summed E-state index contributed by atoms with van der Waals surface area (Å²) in [5.41, 5.74) is 6.55. The molecule has 0 fully saturated rings. The van der Waals surface area contributed by atoms with Crippen molar-refractivity contribution in [2.24, 2.45) is 11.6 Å². The number of nitrogens with zero attached hydrogens (tertiary/aromatic N) is 2. The molecular weight excluding hydrogens is 168 g/mol. The molecule has 1 aromatic rings. The number of aliphatic hydroxyl groups excluding tert-OH is 1. The molecule has 5 heteroatoms. The van der Waals surface area contributed by atoms with Crippen LogP contribution < -0.4 is 16.6 Å². The summed E-state index contributed by atoms with van der Waals surface area (Å²) in [4.78, 5) is 3.90. The lowest BCUT2D eigenvalue weighted by molar-refractivity contribution is 0.281. The average molecular weight is 180 g/mol. The molecule has 0 unspecified atom stereocenters. The zero-order chi connectivity index (χ0) is 9.68. The van der Waals surface area contributed by atoms with Crippen molar-refractivity contribution < 1.29 is 5.11 Å². The second-order valence-electron chi connectivity index (χ2n) is 2.46. The number of hydrogen-bond acceptors (Lipinski definition) is 5. The topological polar surface area (TPSA) is 88.4 Å². The summed E-state index contributed by atoms with van der Waals surface area (Å²) in [6, 6.07) is 1.73. The fourth-order valence-corrected chi connectivity index (χ4v) is 0.880. The van der Waals surface area contributed by atoms with Gasteiger partial charge >= 0.3 is 0 Å². The predicted molar refractivity (Wildman–Crippen MR) is 50.2 cm³/mol. The van der Waals surface area contributed by atoms with Crippen molar-refractivity contribution in [1.29, 1.82) is 0 Å². The highest BCUT2D eigenvalue weighted by atomic mass is 16.3. The maximum atomic E-state index is 8.83. The number of hydrazine groups is 1. The Morgan fingerprint density at radius 3 is 2.92 bits per heavy atom. The highest BCUT2D eigenvalue weighted by molar-refractivity contribution is 5.46. The van der Waals surface area contributed by atoms with Gasteiger partial charge in [0.05, 0.1) is 18.5 Å². The molecule has 0 saturated heterocycles. The van der Waals surface area contributed by atoms with Crippen molar-refractivity contribution in [3.8, 4) is 0 Å². The molecule has 0 atom stereocenters. The molecule has 0 aliphatic carbocycles. The number of aromatic nitrogens is 1. The Kier molecular flexibility index (Phi) is 3.24. The Morgan fingerprint density at radius 1 is 1.54 bits per heavy atom. The van der Waals surface area contributed by atoms with E-state index in [0.29, 0.717) is 11.3 Å². The lowest BCUT2D eigenvalue weighted by Crippen LogP contribution is -2.24. The Hall–Kier alpha value is -1.59. The maximum absolute atomic E-state index is 8.83. The fraction of sp³-hybridized carbons (Fsp3) is 0.125. The first-order valence-corrected chi connectivity index (χ1v) is 3.75. The zero-order valence-corrected chi connectivity index (χ0v) is 7.09. The van der Waals surface area contributed by atoms with Gasteiger partial charge in [-0.3, -0.25) is 9.99 Å². The molecule has 1 aromatic heterocycles. The van der Waals surface area contributed by atoms with Crippen LogP contribution in [0.2, 0.25) is 0 Å². The summed E-state index contributed by atoms with van der Waals surface area (Å²) < 4.78 is 0. The minimum absolute atomic E-state index is 0.0545. The van der Waals surface area contributed by atoms with Gasteiger partial charge in [-0.15, -0.1) is 0 Å². The lowest BCUT2D eigenvalue weighted by atomic mass is 10.3. The monoisotopic (exact) mass is 180 g/mol. The molecule has 0 radical (unpaired) electrons. The number of rotatable bonds is 3. The number of aliphatic hydroxyl groups is 1. The summed E-state index contributed by atoms with van der Waals surface area (Å²) in [6.45, 7) is -0.0545. The van der Waals surface area contributed by atoms with Gasteiger partial charge in [-0.25, -0.2) is 5.84 Å². The molecule has 0 aromatic carbocycles. The number of anilines is 1. The standard InChI is InChI=1S/C8H12N4O/c9-1-2-12(10)8-3-7(6-13)4-11-5-8/h1-5,13H,6,9-10H2/b2-1-. The van der Waals surface area contributed by atoms with E-state index in [2.05, 4.69) is 4.98 Å². The van der Waals surface area contributed by atoms with Crippen LogP contribution in [0.25, 0.3) is 0 Å². The van der Waals surface area contributed by atoms with Crippen LogP contribution in [0.3, 0.4) is 0 Å². The van der Waals surface area contributed by atoms with Crippen LogP contribution in [-0.2, 0) is 6.61 Å². The third-order valence-electron chi connectivity index (χ3n) is 1.51. The third-order valence-corrected chi connectivity index (χ3v) is 1.51. The Balaban J connectivity index is 2.87. The van der Waals surface area contributed by atoms with Crippen molar-refractivity contribution in [1.82, 2.24) is 4.98 Å². The molecule has 70 valence electrons. The van der Waals surface area contributed by atoms with Crippen molar-refractivity contribution >= 4 is 5.69 Å². The van der Waals surface area contributed by atoms with Gasteiger partial charge in [0, 0.05) is 18.6 Å². The molecule has 1 heterocycles. The molecule has 0 aliphatic rings. The molecular formula is C8H12N4O. The van der Waals surface area contributed by atoms with Gasteiger partial charge in [-0.1, -0.05) is 0 Å². The average Bonchev–Trinajstić information content (AvgIpc) is 2.18. The van der Waals surface area contributed by atoms with Crippen LogP contribution >= 0.6 is 0 Å². The van der Waals surface area contributed by atoms with E-state index in [1.54, 1.807) is 18.5 Å². The minimum atomic E-state index is -0.0545. The van der Waals surface area contributed by atoms with Gasteiger partial charge < -0.3 is 10.8 Å². The van der Waals surface area contributed by atoms with Crippen LogP contribution in [0, 0.1) is 0 Å². The molecule has 13 heavy (non-hydrogen) atoms. The van der Waals surface area contributed by atoms with Gasteiger partial charge in [0.2, 0.25) is 0 Å².